The molecule has 2 heterocycles. The number of aromatic nitrogens is 3. The molecule has 9 heteroatoms. The predicted octanol–water partition coefficient (Wildman–Crippen LogP) is 4.60. The van der Waals surface area contributed by atoms with E-state index in [-0.39, 0.29) is 5.82 Å². The average molecular weight is 439 g/mol. The summed E-state index contributed by atoms with van der Waals surface area (Å²) in [5.74, 6) is 1.63. The van der Waals surface area contributed by atoms with E-state index in [4.69, 9.17) is 16.2 Å². The normalized spacial score (nSPS) is 11.1. The predicted molar refractivity (Wildman–Crippen MR) is 125 cm³/mol. The minimum absolute atomic E-state index is 0.278. The van der Waals surface area contributed by atoms with E-state index >= 15 is 0 Å². The fraction of sp³-hybridized carbons (Fsp3) is 0.182. The highest BCUT2D eigenvalue weighted by Gasteiger charge is 2.18. The number of nitrogens with one attached hydrogen (secondary N) is 1. The van der Waals surface area contributed by atoms with E-state index in [1.54, 1.807) is 28.8 Å². The first-order valence-corrected chi connectivity index (χ1v) is 10.7. The van der Waals surface area contributed by atoms with Crippen LogP contribution in [0.5, 0.6) is 5.75 Å². The number of nitrogens with two attached hydrogens (primary N) is 2. The Balaban J connectivity index is 1.74. The number of anilines is 3. The van der Waals surface area contributed by atoms with Gasteiger partial charge in [0.1, 0.15) is 29.7 Å². The molecule has 7 nitrogen and oxygen atoms in total. The second-order valence-electron chi connectivity index (χ2n) is 6.96. The van der Waals surface area contributed by atoms with Crippen molar-refractivity contribution in [1.82, 2.24) is 14.8 Å². The Morgan fingerprint density at radius 2 is 1.94 bits per heavy atom. The summed E-state index contributed by atoms with van der Waals surface area (Å²) in [7, 11) is 1.82. The third kappa shape index (κ3) is 4.22. The van der Waals surface area contributed by atoms with E-state index in [0.29, 0.717) is 34.9 Å². The van der Waals surface area contributed by atoms with Crippen LogP contribution in [0.3, 0.4) is 0 Å². The van der Waals surface area contributed by atoms with Crippen molar-refractivity contribution in [3.05, 3.63) is 60.0 Å². The molecule has 0 saturated carbocycles. The molecule has 5 N–H and O–H groups in total. The SMILES string of the molecule is CCSNc1ccc(-c2nn(C)c3c(N)cnc(N)c23)cc1OCc1ccc(F)cc1. The van der Waals surface area contributed by atoms with Crippen molar-refractivity contribution in [3.63, 3.8) is 0 Å². The molecule has 0 atom stereocenters. The molecule has 4 aromatic rings. The van der Waals surface area contributed by atoms with Crippen molar-refractivity contribution in [2.24, 2.45) is 7.05 Å². The van der Waals surface area contributed by atoms with Gasteiger partial charge in [-0.15, -0.1) is 0 Å². The first-order valence-electron chi connectivity index (χ1n) is 9.74. The van der Waals surface area contributed by atoms with Crippen LogP contribution < -0.4 is 20.9 Å². The van der Waals surface area contributed by atoms with Crippen molar-refractivity contribution in [2.75, 3.05) is 21.9 Å². The smallest absolute Gasteiger partial charge is 0.144 e. The number of pyridine rings is 1. The monoisotopic (exact) mass is 438 g/mol. The lowest BCUT2D eigenvalue weighted by atomic mass is 10.1. The lowest BCUT2D eigenvalue weighted by molar-refractivity contribution is 0.308. The molecule has 2 aromatic heterocycles. The van der Waals surface area contributed by atoms with Gasteiger partial charge in [0.05, 0.1) is 28.5 Å². The molecule has 0 fully saturated rings. The maximum atomic E-state index is 13.2. The summed E-state index contributed by atoms with van der Waals surface area (Å²) in [5.41, 5.74) is 16.7. The maximum absolute atomic E-state index is 13.2. The van der Waals surface area contributed by atoms with E-state index in [0.717, 1.165) is 28.1 Å². The topological polar surface area (TPSA) is 104 Å². The Morgan fingerprint density at radius 3 is 2.68 bits per heavy atom. The van der Waals surface area contributed by atoms with E-state index in [2.05, 4.69) is 21.7 Å². The number of fused-ring (bicyclic) bond motifs is 1. The number of nitrogen functional groups attached to an aromatic ring is 2. The minimum Gasteiger partial charge on any atom is -0.487 e. The van der Waals surface area contributed by atoms with Crippen LogP contribution >= 0.6 is 11.9 Å². The number of rotatable bonds is 7. The average Bonchev–Trinajstić information content (AvgIpc) is 3.13. The third-order valence-corrected chi connectivity index (χ3v) is 5.46. The van der Waals surface area contributed by atoms with Crippen molar-refractivity contribution >= 4 is 40.0 Å². The van der Waals surface area contributed by atoms with Crippen LogP contribution in [0, 0.1) is 5.82 Å². The zero-order valence-electron chi connectivity index (χ0n) is 17.2. The van der Waals surface area contributed by atoms with Crippen LogP contribution in [0.1, 0.15) is 12.5 Å². The van der Waals surface area contributed by atoms with Gasteiger partial charge in [-0.25, -0.2) is 9.37 Å². The van der Waals surface area contributed by atoms with Crippen LogP contribution in [-0.4, -0.2) is 20.5 Å². The Hall–Kier alpha value is -3.46. The lowest BCUT2D eigenvalue weighted by Crippen LogP contribution is -2.00. The van der Waals surface area contributed by atoms with Gasteiger partial charge in [0.2, 0.25) is 0 Å². The van der Waals surface area contributed by atoms with Gasteiger partial charge in [-0.3, -0.25) is 4.68 Å². The highest BCUT2D eigenvalue weighted by molar-refractivity contribution is 8.00. The molecule has 2 aromatic carbocycles. The first-order chi connectivity index (χ1) is 15.0. The molecule has 4 rings (SSSR count). The number of hydrogen-bond donors (Lipinski definition) is 3. The molecular formula is C22H23FN6OS. The highest BCUT2D eigenvalue weighted by atomic mass is 32.2. The Bertz CT molecular complexity index is 1230. The molecular weight excluding hydrogens is 415 g/mol. The van der Waals surface area contributed by atoms with Crippen molar-refractivity contribution in [3.8, 4) is 17.0 Å². The molecule has 0 radical (unpaired) electrons. The number of halogens is 1. The van der Waals surface area contributed by atoms with Gasteiger partial charge < -0.3 is 20.9 Å². The van der Waals surface area contributed by atoms with E-state index < -0.39 is 0 Å². The molecule has 0 aliphatic heterocycles. The summed E-state index contributed by atoms with van der Waals surface area (Å²) in [6.45, 7) is 2.36. The number of aryl methyl sites for hydroxylation is 1. The van der Waals surface area contributed by atoms with Crippen LogP contribution in [-0.2, 0) is 13.7 Å². The van der Waals surface area contributed by atoms with Gasteiger partial charge in [0, 0.05) is 18.4 Å². The molecule has 0 amide bonds. The van der Waals surface area contributed by atoms with Crippen LogP contribution in [0.25, 0.3) is 22.2 Å². The number of hydrogen-bond acceptors (Lipinski definition) is 7. The summed E-state index contributed by atoms with van der Waals surface area (Å²) < 4.78 is 24.3. The molecule has 0 aliphatic carbocycles. The molecule has 160 valence electrons. The maximum Gasteiger partial charge on any atom is 0.144 e. The van der Waals surface area contributed by atoms with E-state index in [1.807, 2.05) is 25.2 Å². The molecule has 0 spiro atoms. The van der Waals surface area contributed by atoms with Gasteiger partial charge in [0.15, 0.2) is 0 Å². The van der Waals surface area contributed by atoms with E-state index in [9.17, 15) is 4.39 Å². The van der Waals surface area contributed by atoms with Gasteiger partial charge in [0.25, 0.3) is 0 Å². The zero-order chi connectivity index (χ0) is 22.0. The molecule has 0 saturated heterocycles. The highest BCUT2D eigenvalue weighted by Crippen LogP contribution is 2.37. The summed E-state index contributed by atoms with van der Waals surface area (Å²) in [4.78, 5) is 4.19. The summed E-state index contributed by atoms with van der Waals surface area (Å²) in [5, 5.41) is 5.34. The quantitative estimate of drug-likeness (QED) is 0.362. The second kappa shape index (κ2) is 8.73. The van der Waals surface area contributed by atoms with Gasteiger partial charge in [-0.1, -0.05) is 37.1 Å². The first kappa shape index (κ1) is 20.8. The largest absolute Gasteiger partial charge is 0.487 e. The summed E-state index contributed by atoms with van der Waals surface area (Å²) in [6.07, 6.45) is 1.54. The van der Waals surface area contributed by atoms with Gasteiger partial charge in [-0.2, -0.15) is 5.10 Å². The van der Waals surface area contributed by atoms with Crippen LogP contribution in [0.4, 0.5) is 21.6 Å². The zero-order valence-corrected chi connectivity index (χ0v) is 18.0. The molecule has 0 aliphatic rings. The Labute approximate surface area is 183 Å². The van der Waals surface area contributed by atoms with Gasteiger partial charge in [-0.05, 0) is 29.8 Å². The molecule has 0 unspecified atom stereocenters. The van der Waals surface area contributed by atoms with E-state index in [1.165, 1.54) is 18.3 Å². The van der Waals surface area contributed by atoms with Gasteiger partial charge >= 0.3 is 0 Å². The van der Waals surface area contributed by atoms with Crippen LogP contribution in [0.2, 0.25) is 0 Å². The molecule has 0 bridgehead atoms. The fourth-order valence-electron chi connectivity index (χ4n) is 3.33. The Morgan fingerprint density at radius 1 is 1.16 bits per heavy atom. The van der Waals surface area contributed by atoms with Crippen molar-refractivity contribution in [1.29, 1.82) is 0 Å². The Kier molecular flexibility index (Phi) is 5.85. The van der Waals surface area contributed by atoms with Crippen molar-refractivity contribution < 1.29 is 9.13 Å². The minimum atomic E-state index is -0.278. The number of nitrogens with zero attached hydrogens (tertiary/aromatic N) is 3. The van der Waals surface area contributed by atoms with Crippen molar-refractivity contribution in [2.45, 2.75) is 13.5 Å². The number of benzene rings is 2. The fourth-order valence-corrected chi connectivity index (χ4v) is 3.80. The summed E-state index contributed by atoms with van der Waals surface area (Å²) in [6, 6.07) is 12.0. The second-order valence-corrected chi connectivity index (χ2v) is 8.03. The third-order valence-electron chi connectivity index (χ3n) is 4.81. The lowest BCUT2D eigenvalue weighted by Gasteiger charge is -2.14. The summed E-state index contributed by atoms with van der Waals surface area (Å²) >= 11 is 1.57. The standard InChI is InChI=1S/C22H23FN6OS/c1-3-31-28-17-9-6-14(10-18(17)30-12-13-4-7-15(23)8-5-13)20-19-21(29(2)27-20)16(24)11-26-22(19)25/h4-11,28H,3,12,24H2,1-2H3,(H2,25,26). The molecule has 31 heavy (non-hydrogen) atoms. The van der Waals surface area contributed by atoms with Crippen LogP contribution in [0.15, 0.2) is 48.7 Å². The number of ether oxygens (including phenoxy) is 1.